The molecule has 0 aliphatic carbocycles. The summed E-state index contributed by atoms with van der Waals surface area (Å²) in [5, 5.41) is 18.6. The Bertz CT molecular complexity index is 657. The molecule has 5 nitrogen and oxygen atoms in total. The fourth-order valence-corrected chi connectivity index (χ4v) is 1.82. The van der Waals surface area contributed by atoms with Crippen molar-refractivity contribution in [3.8, 4) is 5.75 Å². The lowest BCUT2D eigenvalue weighted by Crippen LogP contribution is -2.17. The summed E-state index contributed by atoms with van der Waals surface area (Å²) in [6.45, 7) is 1.62. The number of hydrogen-bond acceptors (Lipinski definition) is 3. The van der Waals surface area contributed by atoms with E-state index in [1.54, 1.807) is 19.1 Å². The number of phenols is 1. The highest BCUT2D eigenvalue weighted by Crippen LogP contribution is 2.21. The number of aliphatic carboxylic acids is 1. The Kier molecular flexibility index (Phi) is 2.59. The van der Waals surface area contributed by atoms with Crippen LogP contribution in [0.1, 0.15) is 11.3 Å². The average molecular weight is 233 g/mol. The fraction of sp³-hybridized carbons (Fsp3) is 0.167. The van der Waals surface area contributed by atoms with Crippen LogP contribution < -0.4 is 5.43 Å². The van der Waals surface area contributed by atoms with Crippen molar-refractivity contribution in [2.75, 3.05) is 0 Å². The molecule has 0 radical (unpaired) electrons. The maximum atomic E-state index is 12.0. The maximum absolute atomic E-state index is 12.0. The number of aromatic nitrogens is 1. The van der Waals surface area contributed by atoms with Gasteiger partial charge in [0.05, 0.1) is 11.9 Å². The highest BCUT2D eigenvalue weighted by atomic mass is 16.4. The van der Waals surface area contributed by atoms with E-state index in [1.165, 1.54) is 6.07 Å². The van der Waals surface area contributed by atoms with E-state index in [0.29, 0.717) is 16.6 Å². The van der Waals surface area contributed by atoms with Crippen LogP contribution in [0.5, 0.6) is 5.75 Å². The Labute approximate surface area is 96.3 Å². The van der Waals surface area contributed by atoms with Gasteiger partial charge in [-0.05, 0) is 19.1 Å². The van der Waals surface area contributed by atoms with E-state index >= 15 is 0 Å². The number of nitrogens with one attached hydrogen (secondary N) is 1. The molecule has 0 amide bonds. The number of benzene rings is 1. The second-order valence-corrected chi connectivity index (χ2v) is 3.83. The van der Waals surface area contributed by atoms with Gasteiger partial charge >= 0.3 is 5.97 Å². The first-order chi connectivity index (χ1) is 8.00. The number of aromatic hydroxyl groups is 1. The van der Waals surface area contributed by atoms with Crippen molar-refractivity contribution in [2.45, 2.75) is 13.3 Å². The van der Waals surface area contributed by atoms with E-state index in [0.717, 1.165) is 0 Å². The molecule has 0 atom stereocenters. The van der Waals surface area contributed by atoms with Gasteiger partial charge in [-0.1, -0.05) is 6.07 Å². The number of carbonyl (C=O) groups is 1. The molecular weight excluding hydrogens is 222 g/mol. The summed E-state index contributed by atoms with van der Waals surface area (Å²) in [4.78, 5) is 25.6. The Hall–Kier alpha value is -2.30. The van der Waals surface area contributed by atoms with Crippen LogP contribution in [0.4, 0.5) is 0 Å². The van der Waals surface area contributed by atoms with E-state index in [1.807, 2.05) is 0 Å². The zero-order chi connectivity index (χ0) is 12.6. The van der Waals surface area contributed by atoms with E-state index in [9.17, 15) is 14.7 Å². The third kappa shape index (κ3) is 1.87. The summed E-state index contributed by atoms with van der Waals surface area (Å²) >= 11 is 0. The molecule has 0 spiro atoms. The highest BCUT2D eigenvalue weighted by molar-refractivity contribution is 5.85. The number of fused-ring (bicyclic) bond motifs is 1. The molecule has 0 fully saturated rings. The predicted molar refractivity (Wildman–Crippen MR) is 62.3 cm³/mol. The van der Waals surface area contributed by atoms with Crippen molar-refractivity contribution in [2.24, 2.45) is 0 Å². The van der Waals surface area contributed by atoms with Gasteiger partial charge in [0.1, 0.15) is 5.75 Å². The Morgan fingerprint density at radius 2 is 2.12 bits per heavy atom. The Balaban J connectivity index is 2.81. The lowest BCUT2D eigenvalue weighted by molar-refractivity contribution is -0.136. The molecular formula is C12H11NO4. The van der Waals surface area contributed by atoms with Gasteiger partial charge in [-0.2, -0.15) is 0 Å². The molecule has 1 heterocycles. The summed E-state index contributed by atoms with van der Waals surface area (Å²) in [6.07, 6.45) is -0.327. The van der Waals surface area contributed by atoms with Crippen LogP contribution in [0, 0.1) is 6.92 Å². The monoisotopic (exact) mass is 233 g/mol. The number of hydrogen-bond donors (Lipinski definition) is 3. The number of carboxylic acids is 1. The third-order valence-electron chi connectivity index (χ3n) is 2.65. The highest BCUT2D eigenvalue weighted by Gasteiger charge is 2.13. The number of phenolic OH excluding ortho intramolecular Hbond substituents is 1. The summed E-state index contributed by atoms with van der Waals surface area (Å²) < 4.78 is 0. The molecule has 3 N–H and O–H groups in total. The number of H-pyrrole nitrogens is 1. The number of aromatic amines is 1. The summed E-state index contributed by atoms with van der Waals surface area (Å²) in [7, 11) is 0. The largest absolute Gasteiger partial charge is 0.506 e. The Morgan fingerprint density at radius 1 is 1.41 bits per heavy atom. The standard InChI is InChI=1S/C12H11NO4/c1-6-8(5-10(15)16)12(17)7-3-2-4-9(14)11(7)13-6/h2-4,14H,5H2,1H3,(H,13,17)(H,15,16). The number of rotatable bonds is 2. The van der Waals surface area contributed by atoms with E-state index < -0.39 is 5.97 Å². The summed E-state index contributed by atoms with van der Waals surface area (Å²) in [5.41, 5.74) is 0.667. The van der Waals surface area contributed by atoms with Gasteiger partial charge in [-0.3, -0.25) is 9.59 Å². The molecule has 0 aliphatic rings. The SMILES string of the molecule is Cc1[nH]c2c(O)cccc2c(=O)c1CC(=O)O. The molecule has 0 bridgehead atoms. The fourth-order valence-electron chi connectivity index (χ4n) is 1.82. The van der Waals surface area contributed by atoms with E-state index in [4.69, 9.17) is 5.11 Å². The van der Waals surface area contributed by atoms with Crippen molar-refractivity contribution in [1.29, 1.82) is 0 Å². The molecule has 88 valence electrons. The van der Waals surface area contributed by atoms with Crippen LogP contribution in [0.25, 0.3) is 10.9 Å². The molecule has 5 heteroatoms. The van der Waals surface area contributed by atoms with Crippen molar-refractivity contribution in [3.05, 3.63) is 39.7 Å². The predicted octanol–water partition coefficient (Wildman–Crippen LogP) is 1.17. The van der Waals surface area contributed by atoms with Crippen LogP contribution >= 0.6 is 0 Å². The summed E-state index contributed by atoms with van der Waals surface area (Å²) in [6, 6.07) is 4.57. The first-order valence-electron chi connectivity index (χ1n) is 5.06. The Morgan fingerprint density at radius 3 is 2.76 bits per heavy atom. The molecule has 17 heavy (non-hydrogen) atoms. The average Bonchev–Trinajstić information content (AvgIpc) is 2.26. The first-order valence-corrected chi connectivity index (χ1v) is 5.06. The van der Waals surface area contributed by atoms with Gasteiger partial charge in [-0.25, -0.2) is 0 Å². The quantitative estimate of drug-likeness (QED) is 0.726. The lowest BCUT2D eigenvalue weighted by Gasteiger charge is -2.07. The minimum Gasteiger partial charge on any atom is -0.506 e. The van der Waals surface area contributed by atoms with Crippen LogP contribution in [0.15, 0.2) is 23.0 Å². The minimum absolute atomic E-state index is 0.0235. The molecule has 0 aliphatic heterocycles. The lowest BCUT2D eigenvalue weighted by atomic mass is 10.1. The first kappa shape index (κ1) is 11.2. The zero-order valence-electron chi connectivity index (χ0n) is 9.15. The zero-order valence-corrected chi connectivity index (χ0v) is 9.15. The van der Waals surface area contributed by atoms with Crippen molar-refractivity contribution in [3.63, 3.8) is 0 Å². The molecule has 0 saturated heterocycles. The number of para-hydroxylation sites is 1. The van der Waals surface area contributed by atoms with E-state index in [2.05, 4.69) is 4.98 Å². The molecule has 1 aromatic heterocycles. The van der Waals surface area contributed by atoms with Gasteiger partial charge in [-0.15, -0.1) is 0 Å². The number of pyridine rings is 1. The van der Waals surface area contributed by atoms with Gasteiger partial charge < -0.3 is 15.2 Å². The smallest absolute Gasteiger partial charge is 0.308 e. The van der Waals surface area contributed by atoms with Crippen LogP contribution in [-0.4, -0.2) is 21.2 Å². The van der Waals surface area contributed by atoms with Gasteiger partial charge in [0.25, 0.3) is 0 Å². The minimum atomic E-state index is -1.06. The van der Waals surface area contributed by atoms with Crippen LogP contribution in [0.3, 0.4) is 0 Å². The van der Waals surface area contributed by atoms with Crippen LogP contribution in [-0.2, 0) is 11.2 Å². The van der Waals surface area contributed by atoms with Gasteiger partial charge in [0.2, 0.25) is 0 Å². The van der Waals surface area contributed by atoms with Crippen LogP contribution in [0.2, 0.25) is 0 Å². The maximum Gasteiger partial charge on any atom is 0.308 e. The van der Waals surface area contributed by atoms with Crippen molar-refractivity contribution >= 4 is 16.9 Å². The van der Waals surface area contributed by atoms with Gasteiger partial charge in [0.15, 0.2) is 5.43 Å². The molecule has 1 aromatic carbocycles. The molecule has 2 aromatic rings. The summed E-state index contributed by atoms with van der Waals surface area (Å²) in [5.74, 6) is -1.08. The van der Waals surface area contributed by atoms with E-state index in [-0.39, 0.29) is 23.2 Å². The molecule has 2 rings (SSSR count). The van der Waals surface area contributed by atoms with Crippen molar-refractivity contribution in [1.82, 2.24) is 4.98 Å². The van der Waals surface area contributed by atoms with Crippen molar-refractivity contribution < 1.29 is 15.0 Å². The topological polar surface area (TPSA) is 90.4 Å². The van der Waals surface area contributed by atoms with Gasteiger partial charge in [0, 0.05) is 16.6 Å². The number of carboxylic acid groups (broad SMARTS) is 1. The molecule has 0 saturated carbocycles. The second kappa shape index (κ2) is 3.93. The third-order valence-corrected chi connectivity index (χ3v) is 2.65. The normalized spacial score (nSPS) is 10.6. The second-order valence-electron chi connectivity index (χ2n) is 3.83. The molecule has 0 unspecified atom stereocenters. The number of aryl methyl sites for hydroxylation is 1.